The van der Waals surface area contributed by atoms with Crippen LogP contribution < -0.4 is 0 Å². The Kier molecular flexibility index (Phi) is 4.55. The van der Waals surface area contributed by atoms with Gasteiger partial charge in [0.05, 0.1) is 18.5 Å². The summed E-state index contributed by atoms with van der Waals surface area (Å²) in [6.45, 7) is 3.25. The van der Waals surface area contributed by atoms with E-state index < -0.39 is 7.32 Å². The molecule has 0 N–H and O–H groups in total. The van der Waals surface area contributed by atoms with E-state index in [1.807, 2.05) is 12.2 Å². The van der Waals surface area contributed by atoms with Crippen molar-refractivity contribution in [3.8, 4) is 25.1 Å². The molecule has 10 heavy (non-hydrogen) atoms. The van der Waals surface area contributed by atoms with Crippen LogP contribution in [-0.4, -0.2) is 7.32 Å². The van der Waals surface area contributed by atoms with Crippen LogP contribution in [0, 0.1) is 25.1 Å². The first-order valence-corrected chi connectivity index (χ1v) is 2.34. The highest BCUT2D eigenvalue weighted by Gasteiger charge is 2.25. The predicted octanol–water partition coefficient (Wildman–Crippen LogP) is 0.346. The summed E-state index contributed by atoms with van der Waals surface area (Å²) in [7, 11) is -1.06. The third kappa shape index (κ3) is 3.34. The van der Waals surface area contributed by atoms with E-state index >= 15 is 0 Å². The summed E-state index contributed by atoms with van der Waals surface area (Å²) in [6, 6.07) is 0. The normalized spacial score (nSPS) is 6.20. The highest BCUT2D eigenvalue weighted by molar-refractivity contribution is 6.37. The smallest absolute Gasteiger partial charge is 0.496 e. The van der Waals surface area contributed by atoms with Crippen LogP contribution in [-0.2, 0) is 14.0 Å². The largest absolute Gasteiger partial charge is 0.881 e. The Labute approximate surface area is 60.1 Å². The molecule has 0 aromatic heterocycles. The van der Waals surface area contributed by atoms with Crippen molar-refractivity contribution in [1.29, 1.82) is 0 Å². The van der Waals surface area contributed by atoms with Gasteiger partial charge in [0.25, 0.3) is 0 Å². The van der Waals surface area contributed by atoms with E-state index in [-0.39, 0.29) is 0 Å². The van der Waals surface area contributed by atoms with Crippen molar-refractivity contribution < 1.29 is 14.0 Å². The van der Waals surface area contributed by atoms with E-state index in [0.717, 1.165) is 6.26 Å². The first-order chi connectivity index (χ1) is 4.85. The van der Waals surface area contributed by atoms with Gasteiger partial charge in [-0.1, -0.05) is 19.4 Å². The molecule has 0 aliphatic heterocycles. The first kappa shape index (κ1) is 8.32. The second-order valence-electron chi connectivity index (χ2n) is 1.06. The molecule has 0 fully saturated rings. The summed E-state index contributed by atoms with van der Waals surface area (Å²) in [5.41, 5.74) is 0. The van der Waals surface area contributed by atoms with Gasteiger partial charge in [0.15, 0.2) is 0 Å². The zero-order valence-electron chi connectivity index (χ0n) is 5.24. The van der Waals surface area contributed by atoms with Gasteiger partial charge in [-0.3, -0.25) is 0 Å². The lowest BCUT2D eigenvalue weighted by atomic mass is 10.2. The topological polar surface area (TPSA) is 27.7 Å². The van der Waals surface area contributed by atoms with Crippen LogP contribution in [0.25, 0.3) is 0 Å². The summed E-state index contributed by atoms with van der Waals surface area (Å²) in [5, 5.41) is 0. The molecule has 0 amide bonds. The van der Waals surface area contributed by atoms with E-state index in [1.54, 1.807) is 0 Å². The Balaban J connectivity index is 3.65. The third-order valence-corrected chi connectivity index (χ3v) is 0.536. The molecular weight excluding hydrogens is 131 g/mol. The van der Waals surface area contributed by atoms with Gasteiger partial charge in [0, 0.05) is 0 Å². The molecule has 0 aliphatic carbocycles. The van der Waals surface area contributed by atoms with Gasteiger partial charge in [-0.25, -0.2) is 0 Å². The Morgan fingerprint density at radius 2 is 1.80 bits per heavy atom. The van der Waals surface area contributed by atoms with Gasteiger partial charge in [-0.15, -0.1) is 0 Å². The summed E-state index contributed by atoms with van der Waals surface area (Å²) < 4.78 is 13.3. The molecule has 0 rings (SSSR count). The summed E-state index contributed by atoms with van der Waals surface area (Å²) in [6.07, 6.45) is 14.3. The van der Waals surface area contributed by atoms with E-state index in [0.29, 0.717) is 0 Å². The van der Waals surface area contributed by atoms with Crippen molar-refractivity contribution in [2.75, 3.05) is 0 Å². The van der Waals surface area contributed by atoms with Gasteiger partial charge in [0.2, 0.25) is 0 Å². The lowest BCUT2D eigenvalue weighted by molar-refractivity contribution is 0.246. The Morgan fingerprint density at radius 3 is 2.10 bits per heavy atom. The van der Waals surface area contributed by atoms with Crippen LogP contribution >= 0.6 is 0 Å². The minimum absolute atomic E-state index is 1.06. The molecule has 0 spiro atoms. The molecule has 0 aromatic carbocycles. The van der Waals surface area contributed by atoms with Crippen LogP contribution in [0.15, 0.2) is 12.8 Å². The number of hydrogen-bond acceptors (Lipinski definition) is 3. The van der Waals surface area contributed by atoms with Crippen molar-refractivity contribution in [1.82, 2.24) is 0 Å². The molecule has 0 aliphatic rings. The van der Waals surface area contributed by atoms with E-state index in [2.05, 4.69) is 20.5 Å². The molecule has 0 saturated heterocycles. The second kappa shape index (κ2) is 5.46. The fraction of sp³-hybridized carbons (Fsp3) is 0. The third-order valence-electron chi connectivity index (χ3n) is 0.536. The maximum atomic E-state index is 4.75. The number of hydrogen-bond donors (Lipinski definition) is 0. The monoisotopic (exact) mass is 136 g/mol. The average molecular weight is 136 g/mol. The van der Waals surface area contributed by atoms with Crippen molar-refractivity contribution in [2.24, 2.45) is 0 Å². The molecule has 0 bridgehead atoms. The molecule has 50 valence electrons. The predicted molar refractivity (Wildman–Crippen MR) is 36.9 cm³/mol. The zero-order chi connectivity index (χ0) is 7.82. The van der Waals surface area contributed by atoms with E-state index in [9.17, 15) is 0 Å². The number of rotatable bonds is 4. The fourth-order valence-corrected chi connectivity index (χ4v) is 0.269. The van der Waals surface area contributed by atoms with Crippen LogP contribution in [0.4, 0.5) is 0 Å². The molecule has 0 heterocycles. The maximum Gasteiger partial charge on any atom is 0.881 e. The lowest BCUT2D eigenvalue weighted by Crippen LogP contribution is -2.20. The second-order valence-corrected chi connectivity index (χ2v) is 1.06. The van der Waals surface area contributed by atoms with Crippen LogP contribution in [0.2, 0.25) is 0 Å². The number of terminal acetylenes is 2. The maximum absolute atomic E-state index is 4.75. The minimum atomic E-state index is -1.06. The van der Waals surface area contributed by atoms with Gasteiger partial charge < -0.3 is 14.0 Å². The Morgan fingerprint density at radius 1 is 1.30 bits per heavy atom. The van der Waals surface area contributed by atoms with Crippen molar-refractivity contribution in [2.45, 2.75) is 0 Å². The summed E-state index contributed by atoms with van der Waals surface area (Å²) in [5.74, 6) is 0. The van der Waals surface area contributed by atoms with Crippen molar-refractivity contribution in [3.63, 3.8) is 0 Å². The van der Waals surface area contributed by atoms with Gasteiger partial charge in [0.1, 0.15) is 0 Å². The molecule has 4 heteroatoms. The van der Waals surface area contributed by atoms with Gasteiger partial charge in [-0.05, 0) is 0 Å². The highest BCUT2D eigenvalue weighted by Crippen LogP contribution is 1.89. The SMILES string of the molecule is C#COB(OC#C)OC=C. The molecule has 0 radical (unpaired) electrons. The van der Waals surface area contributed by atoms with Crippen LogP contribution in [0.1, 0.15) is 0 Å². The Hall–Kier alpha value is -1.68. The average Bonchev–Trinajstić information content (AvgIpc) is 1.90. The minimum Gasteiger partial charge on any atom is -0.496 e. The lowest BCUT2D eigenvalue weighted by Gasteiger charge is -2.02. The van der Waals surface area contributed by atoms with Gasteiger partial charge >= 0.3 is 7.32 Å². The molecule has 0 aromatic rings. The van der Waals surface area contributed by atoms with Gasteiger partial charge in [-0.2, -0.15) is 0 Å². The van der Waals surface area contributed by atoms with Crippen molar-refractivity contribution in [3.05, 3.63) is 12.8 Å². The van der Waals surface area contributed by atoms with Crippen LogP contribution in [0.3, 0.4) is 0 Å². The van der Waals surface area contributed by atoms with Crippen molar-refractivity contribution >= 4 is 7.32 Å². The fourth-order valence-electron chi connectivity index (χ4n) is 0.269. The summed E-state index contributed by atoms with van der Waals surface area (Å²) in [4.78, 5) is 0. The molecule has 3 nitrogen and oxygen atoms in total. The van der Waals surface area contributed by atoms with E-state index in [4.69, 9.17) is 12.8 Å². The molecule has 0 atom stereocenters. The highest BCUT2D eigenvalue weighted by atomic mass is 16.7. The van der Waals surface area contributed by atoms with E-state index in [1.165, 1.54) is 0 Å². The van der Waals surface area contributed by atoms with Crippen LogP contribution in [0.5, 0.6) is 0 Å². The first-order valence-electron chi connectivity index (χ1n) is 2.34. The summed E-state index contributed by atoms with van der Waals surface area (Å²) >= 11 is 0. The molecule has 0 unspecified atom stereocenters. The zero-order valence-corrected chi connectivity index (χ0v) is 5.24. The molecule has 0 saturated carbocycles. The Bertz CT molecular complexity index is 160. The standard InChI is InChI=1S/C6H5BO3/c1-4-8-7(9-5-2)10-6-3/h1-2,6H,3H2. The quantitative estimate of drug-likeness (QED) is 0.317. The molecular formula is C6H5BO3.